The number of carbonyl (C=O) groups is 1. The van der Waals surface area contributed by atoms with Crippen molar-refractivity contribution in [1.29, 1.82) is 0 Å². The highest BCUT2D eigenvalue weighted by atomic mass is 16.5. The molecule has 2 rings (SSSR count). The highest BCUT2D eigenvalue weighted by Crippen LogP contribution is 2.29. The molecule has 0 saturated heterocycles. The second-order valence-corrected chi connectivity index (χ2v) is 4.03. The van der Waals surface area contributed by atoms with Crippen molar-refractivity contribution in [2.75, 3.05) is 7.11 Å². The third kappa shape index (κ3) is 3.49. The molecule has 0 N–H and O–H groups in total. The number of benzene rings is 1. The first-order valence-corrected chi connectivity index (χ1v) is 5.66. The van der Waals surface area contributed by atoms with E-state index >= 15 is 0 Å². The lowest BCUT2D eigenvalue weighted by Crippen LogP contribution is -2.00. The van der Waals surface area contributed by atoms with Crippen LogP contribution in [-0.4, -0.2) is 13.1 Å². The quantitative estimate of drug-likeness (QED) is 0.572. The Balaban J connectivity index is 1.99. The molecule has 2 nitrogen and oxygen atoms in total. The number of esters is 1. The first-order chi connectivity index (χ1) is 8.29. The maximum absolute atomic E-state index is 11.2. The number of hydrogen-bond acceptors (Lipinski definition) is 2. The van der Waals surface area contributed by atoms with Gasteiger partial charge in [0.25, 0.3) is 0 Å². The normalized spacial score (nSPS) is 14.2. The molecule has 0 heterocycles. The van der Waals surface area contributed by atoms with Crippen LogP contribution in [0.3, 0.4) is 0 Å². The minimum absolute atomic E-state index is 0.321. The summed E-state index contributed by atoms with van der Waals surface area (Å²) in [7, 11) is 1.37. The van der Waals surface area contributed by atoms with Gasteiger partial charge in [-0.05, 0) is 49.1 Å². The molecule has 0 aromatic heterocycles. The Labute approximate surface area is 101 Å². The number of ether oxygens (including phenoxy) is 1. The Bertz CT molecular complexity index is 482. The molecule has 1 fully saturated rings. The number of hydrogen-bond donors (Lipinski definition) is 0. The molecule has 0 atom stereocenters. The molecule has 0 spiro atoms. The largest absolute Gasteiger partial charge is 0.465 e. The van der Waals surface area contributed by atoms with E-state index in [0.29, 0.717) is 5.56 Å². The fourth-order valence-corrected chi connectivity index (χ4v) is 1.41. The van der Waals surface area contributed by atoms with Crippen molar-refractivity contribution < 1.29 is 9.53 Å². The van der Waals surface area contributed by atoms with Crippen molar-refractivity contribution in [3.8, 4) is 11.8 Å². The van der Waals surface area contributed by atoms with E-state index in [1.54, 1.807) is 12.1 Å². The van der Waals surface area contributed by atoms with E-state index in [1.807, 2.05) is 18.2 Å². The third-order valence-corrected chi connectivity index (χ3v) is 2.60. The summed E-state index contributed by atoms with van der Waals surface area (Å²) in [5.41, 5.74) is 1.45. The Morgan fingerprint density at radius 3 is 2.65 bits per heavy atom. The Morgan fingerprint density at radius 1 is 1.35 bits per heavy atom. The van der Waals surface area contributed by atoms with Crippen molar-refractivity contribution in [2.45, 2.75) is 12.8 Å². The molecule has 2 heteroatoms. The monoisotopic (exact) mass is 226 g/mol. The zero-order chi connectivity index (χ0) is 12.1. The maximum Gasteiger partial charge on any atom is 0.337 e. The van der Waals surface area contributed by atoms with Crippen molar-refractivity contribution in [3.05, 3.63) is 47.5 Å². The molecule has 1 aliphatic rings. The summed E-state index contributed by atoms with van der Waals surface area (Å²) in [6.45, 7) is 0. The topological polar surface area (TPSA) is 26.3 Å². The van der Waals surface area contributed by atoms with Crippen LogP contribution in [0, 0.1) is 17.8 Å². The summed E-state index contributed by atoms with van der Waals surface area (Å²) in [6.07, 6.45) is 6.65. The van der Waals surface area contributed by atoms with Crippen LogP contribution in [-0.2, 0) is 4.74 Å². The third-order valence-electron chi connectivity index (χ3n) is 2.60. The smallest absolute Gasteiger partial charge is 0.337 e. The molecule has 17 heavy (non-hydrogen) atoms. The molecule has 0 bridgehead atoms. The molecule has 0 radical (unpaired) electrons. The summed E-state index contributed by atoms with van der Waals surface area (Å²) in [5.74, 6) is 6.45. The van der Waals surface area contributed by atoms with Gasteiger partial charge >= 0.3 is 5.97 Å². The Kier molecular flexibility index (Phi) is 3.62. The van der Waals surface area contributed by atoms with Gasteiger partial charge in [-0.3, -0.25) is 0 Å². The van der Waals surface area contributed by atoms with E-state index in [4.69, 9.17) is 0 Å². The van der Waals surface area contributed by atoms with Gasteiger partial charge in [0.15, 0.2) is 0 Å². The lowest BCUT2D eigenvalue weighted by molar-refractivity contribution is 0.0601. The van der Waals surface area contributed by atoms with Crippen LogP contribution in [0.1, 0.15) is 28.8 Å². The van der Waals surface area contributed by atoms with E-state index in [0.717, 1.165) is 11.5 Å². The van der Waals surface area contributed by atoms with Gasteiger partial charge in [0, 0.05) is 5.56 Å². The summed E-state index contributed by atoms with van der Waals surface area (Å²) >= 11 is 0. The SMILES string of the molecule is COC(=O)c1ccc(C#C/C=C/C2CC2)cc1. The highest BCUT2D eigenvalue weighted by Gasteiger charge is 2.16. The van der Waals surface area contributed by atoms with E-state index in [1.165, 1.54) is 20.0 Å². The first kappa shape index (κ1) is 11.5. The van der Waals surface area contributed by atoms with E-state index in [-0.39, 0.29) is 5.97 Å². The van der Waals surface area contributed by atoms with Crippen molar-refractivity contribution in [3.63, 3.8) is 0 Å². The van der Waals surface area contributed by atoms with Crippen LogP contribution in [0.2, 0.25) is 0 Å². The average Bonchev–Trinajstić information content (AvgIpc) is 3.18. The number of carbonyl (C=O) groups excluding carboxylic acids is 1. The summed E-state index contributed by atoms with van der Waals surface area (Å²) in [4.78, 5) is 11.2. The van der Waals surface area contributed by atoms with E-state index in [9.17, 15) is 4.79 Å². The van der Waals surface area contributed by atoms with E-state index < -0.39 is 0 Å². The highest BCUT2D eigenvalue weighted by molar-refractivity contribution is 5.89. The van der Waals surface area contributed by atoms with Crippen molar-refractivity contribution in [1.82, 2.24) is 0 Å². The predicted octanol–water partition coefficient (Wildman–Crippen LogP) is 2.79. The predicted molar refractivity (Wildman–Crippen MR) is 66.5 cm³/mol. The number of rotatable bonds is 2. The van der Waals surface area contributed by atoms with Crippen molar-refractivity contribution >= 4 is 5.97 Å². The molecular weight excluding hydrogens is 212 g/mol. The number of methoxy groups -OCH3 is 1. The van der Waals surface area contributed by atoms with Crippen LogP contribution in [0.5, 0.6) is 0 Å². The fourth-order valence-electron chi connectivity index (χ4n) is 1.41. The molecule has 0 unspecified atom stereocenters. The lowest BCUT2D eigenvalue weighted by atomic mass is 10.1. The zero-order valence-electron chi connectivity index (χ0n) is 9.77. The Morgan fingerprint density at radius 2 is 2.06 bits per heavy atom. The van der Waals surface area contributed by atoms with Gasteiger partial charge in [-0.1, -0.05) is 17.9 Å². The molecule has 0 aliphatic heterocycles. The van der Waals surface area contributed by atoms with Crippen LogP contribution < -0.4 is 0 Å². The molecule has 0 amide bonds. The zero-order valence-corrected chi connectivity index (χ0v) is 9.77. The molecule has 1 saturated carbocycles. The van der Waals surface area contributed by atoms with Gasteiger partial charge in [0.2, 0.25) is 0 Å². The first-order valence-electron chi connectivity index (χ1n) is 5.66. The van der Waals surface area contributed by atoms with E-state index in [2.05, 4.69) is 22.7 Å². The minimum Gasteiger partial charge on any atom is -0.465 e. The van der Waals surface area contributed by atoms with Gasteiger partial charge in [-0.15, -0.1) is 0 Å². The lowest BCUT2D eigenvalue weighted by Gasteiger charge is -1.97. The second-order valence-electron chi connectivity index (χ2n) is 4.03. The molecule has 1 aliphatic carbocycles. The van der Waals surface area contributed by atoms with Crippen LogP contribution >= 0.6 is 0 Å². The van der Waals surface area contributed by atoms with Gasteiger partial charge in [0.1, 0.15) is 0 Å². The van der Waals surface area contributed by atoms with Crippen LogP contribution in [0.25, 0.3) is 0 Å². The molecular formula is C15H14O2. The standard InChI is InChI=1S/C15H14O2/c1-17-15(16)14-10-8-13(9-11-14)5-3-2-4-12-6-7-12/h2,4,8-12H,6-7H2,1H3/b4-2+. The van der Waals surface area contributed by atoms with Gasteiger partial charge in [-0.25, -0.2) is 4.79 Å². The second kappa shape index (κ2) is 5.36. The molecule has 1 aromatic rings. The summed E-state index contributed by atoms with van der Waals surface area (Å²) in [6, 6.07) is 7.09. The maximum atomic E-state index is 11.2. The summed E-state index contributed by atoms with van der Waals surface area (Å²) in [5, 5.41) is 0. The van der Waals surface area contributed by atoms with Gasteiger partial charge < -0.3 is 4.74 Å². The summed E-state index contributed by atoms with van der Waals surface area (Å²) < 4.78 is 4.62. The van der Waals surface area contributed by atoms with Crippen molar-refractivity contribution in [2.24, 2.45) is 5.92 Å². The van der Waals surface area contributed by atoms with Gasteiger partial charge in [-0.2, -0.15) is 0 Å². The molecule has 86 valence electrons. The van der Waals surface area contributed by atoms with Crippen LogP contribution in [0.15, 0.2) is 36.4 Å². The average molecular weight is 226 g/mol. The Hall–Kier alpha value is -2.01. The number of allylic oxidation sites excluding steroid dienone is 2. The van der Waals surface area contributed by atoms with Gasteiger partial charge in [0.05, 0.1) is 12.7 Å². The fraction of sp³-hybridized carbons (Fsp3) is 0.267. The molecule has 1 aromatic carbocycles. The minimum atomic E-state index is -0.321. The van der Waals surface area contributed by atoms with Crippen LogP contribution in [0.4, 0.5) is 0 Å².